The second kappa shape index (κ2) is 2.63. The van der Waals surface area contributed by atoms with Crippen LogP contribution in [-0.4, -0.2) is 6.61 Å². The number of rotatable bonds is 0. The lowest BCUT2D eigenvalue weighted by Gasteiger charge is -1.94. The maximum Gasteiger partial charge on any atom is 0.220 e. The molecule has 62 valence electrons. The van der Waals surface area contributed by atoms with E-state index in [1.54, 1.807) is 6.07 Å². The Morgan fingerprint density at radius 1 is 1.42 bits per heavy atom. The third kappa shape index (κ3) is 0.998. The minimum absolute atomic E-state index is 0.0145. The maximum atomic E-state index is 11.3. The minimum atomic E-state index is -0.0145. The SMILES string of the molecule is CC1COc2c1ccccc2=O. The molecule has 0 aliphatic carbocycles. The second-order valence-corrected chi connectivity index (χ2v) is 3.08. The van der Waals surface area contributed by atoms with E-state index >= 15 is 0 Å². The molecule has 0 fully saturated rings. The molecule has 1 aromatic carbocycles. The minimum Gasteiger partial charge on any atom is -0.489 e. The van der Waals surface area contributed by atoms with Crippen LogP contribution in [0.15, 0.2) is 29.1 Å². The lowest BCUT2D eigenvalue weighted by Crippen LogP contribution is -1.99. The van der Waals surface area contributed by atoms with Crippen LogP contribution >= 0.6 is 0 Å². The zero-order chi connectivity index (χ0) is 8.55. The largest absolute Gasteiger partial charge is 0.489 e. The second-order valence-electron chi connectivity index (χ2n) is 3.08. The summed E-state index contributed by atoms with van der Waals surface area (Å²) in [6, 6.07) is 7.12. The topological polar surface area (TPSA) is 26.3 Å². The van der Waals surface area contributed by atoms with E-state index < -0.39 is 0 Å². The third-order valence-electron chi connectivity index (χ3n) is 2.13. The van der Waals surface area contributed by atoms with Crippen LogP contribution in [0.5, 0.6) is 5.75 Å². The summed E-state index contributed by atoms with van der Waals surface area (Å²) < 4.78 is 5.29. The predicted molar refractivity (Wildman–Crippen MR) is 46.6 cm³/mol. The van der Waals surface area contributed by atoms with Crippen LogP contribution < -0.4 is 10.2 Å². The fraction of sp³-hybridized carbons (Fsp3) is 0.300. The fourth-order valence-electron chi connectivity index (χ4n) is 1.44. The molecule has 0 radical (unpaired) electrons. The molecule has 1 aliphatic rings. The van der Waals surface area contributed by atoms with Gasteiger partial charge in [-0.25, -0.2) is 0 Å². The van der Waals surface area contributed by atoms with Crippen LogP contribution in [0.4, 0.5) is 0 Å². The first kappa shape index (κ1) is 7.35. The summed E-state index contributed by atoms with van der Waals surface area (Å²) >= 11 is 0. The van der Waals surface area contributed by atoms with Crippen molar-refractivity contribution in [2.24, 2.45) is 0 Å². The molecule has 1 atom stereocenters. The van der Waals surface area contributed by atoms with E-state index in [1.807, 2.05) is 12.1 Å². The van der Waals surface area contributed by atoms with E-state index in [2.05, 4.69) is 6.92 Å². The Bertz CT molecular complexity index is 357. The van der Waals surface area contributed by atoms with E-state index in [-0.39, 0.29) is 5.43 Å². The van der Waals surface area contributed by atoms with Crippen LogP contribution in [0.2, 0.25) is 0 Å². The van der Waals surface area contributed by atoms with Gasteiger partial charge in [0.2, 0.25) is 5.43 Å². The maximum absolute atomic E-state index is 11.3. The molecule has 0 saturated heterocycles. The molecule has 2 heteroatoms. The van der Waals surface area contributed by atoms with Crippen LogP contribution in [-0.2, 0) is 0 Å². The zero-order valence-electron chi connectivity index (χ0n) is 6.91. The molecule has 0 saturated carbocycles. The lowest BCUT2D eigenvalue weighted by molar-refractivity contribution is 0.335. The summed E-state index contributed by atoms with van der Waals surface area (Å²) in [7, 11) is 0. The smallest absolute Gasteiger partial charge is 0.220 e. The van der Waals surface area contributed by atoms with Crippen molar-refractivity contribution in [2.45, 2.75) is 12.8 Å². The van der Waals surface area contributed by atoms with Gasteiger partial charge in [-0.3, -0.25) is 4.79 Å². The monoisotopic (exact) mass is 162 g/mol. The molecule has 2 rings (SSSR count). The molecular weight excluding hydrogens is 152 g/mol. The van der Waals surface area contributed by atoms with Gasteiger partial charge in [0, 0.05) is 11.5 Å². The van der Waals surface area contributed by atoms with Gasteiger partial charge >= 0.3 is 0 Å². The third-order valence-corrected chi connectivity index (χ3v) is 2.13. The molecule has 1 unspecified atom stereocenters. The quantitative estimate of drug-likeness (QED) is 0.578. The molecule has 0 N–H and O–H groups in total. The van der Waals surface area contributed by atoms with E-state index in [9.17, 15) is 4.79 Å². The molecule has 0 bridgehead atoms. The zero-order valence-corrected chi connectivity index (χ0v) is 6.91. The highest BCUT2D eigenvalue weighted by Gasteiger charge is 2.20. The van der Waals surface area contributed by atoms with Crippen molar-refractivity contribution in [3.05, 3.63) is 40.1 Å². The highest BCUT2D eigenvalue weighted by molar-refractivity contribution is 5.37. The first-order chi connectivity index (χ1) is 5.79. The standard InChI is InChI=1S/C10H10O2/c1-7-6-12-10-8(7)4-2-3-5-9(10)11/h2-5,7H,6H2,1H3. The van der Waals surface area contributed by atoms with Crippen molar-refractivity contribution in [3.63, 3.8) is 0 Å². The highest BCUT2D eigenvalue weighted by Crippen LogP contribution is 2.28. The Morgan fingerprint density at radius 2 is 2.17 bits per heavy atom. The predicted octanol–water partition coefficient (Wildman–Crippen LogP) is 1.54. The molecule has 0 amide bonds. The Hall–Kier alpha value is -1.31. The van der Waals surface area contributed by atoms with Crippen molar-refractivity contribution >= 4 is 0 Å². The molecule has 1 aromatic rings. The summed E-state index contributed by atoms with van der Waals surface area (Å²) in [5.41, 5.74) is 1.02. The normalized spacial score (nSPS) is 19.9. The number of fused-ring (bicyclic) bond motifs is 1. The molecule has 2 nitrogen and oxygen atoms in total. The Labute approximate surface area is 70.8 Å². The van der Waals surface area contributed by atoms with Crippen molar-refractivity contribution in [1.29, 1.82) is 0 Å². The van der Waals surface area contributed by atoms with Crippen molar-refractivity contribution in [1.82, 2.24) is 0 Å². The Morgan fingerprint density at radius 3 is 3.00 bits per heavy atom. The summed E-state index contributed by atoms with van der Waals surface area (Å²) in [6.07, 6.45) is 0. The summed E-state index contributed by atoms with van der Waals surface area (Å²) in [5, 5.41) is 0. The van der Waals surface area contributed by atoms with E-state index in [4.69, 9.17) is 4.74 Å². The van der Waals surface area contributed by atoms with Gasteiger partial charge in [0.25, 0.3) is 0 Å². The van der Waals surface area contributed by atoms with Gasteiger partial charge in [-0.2, -0.15) is 0 Å². The van der Waals surface area contributed by atoms with E-state index in [0.29, 0.717) is 18.3 Å². The number of hydrogen-bond acceptors (Lipinski definition) is 2. The van der Waals surface area contributed by atoms with Crippen LogP contribution in [0.3, 0.4) is 0 Å². The molecular formula is C10H10O2. The van der Waals surface area contributed by atoms with Crippen LogP contribution in [0.25, 0.3) is 0 Å². The lowest BCUT2D eigenvalue weighted by atomic mass is 10.1. The van der Waals surface area contributed by atoms with Crippen molar-refractivity contribution in [2.75, 3.05) is 6.61 Å². The summed E-state index contributed by atoms with van der Waals surface area (Å²) in [5.74, 6) is 0.882. The first-order valence-corrected chi connectivity index (χ1v) is 4.05. The Kier molecular flexibility index (Phi) is 1.61. The molecule has 1 heterocycles. The van der Waals surface area contributed by atoms with Gasteiger partial charge in [-0.15, -0.1) is 0 Å². The molecule has 0 aromatic heterocycles. The van der Waals surface area contributed by atoms with Gasteiger partial charge in [0.1, 0.15) is 0 Å². The average Bonchev–Trinajstić information content (AvgIpc) is 2.30. The van der Waals surface area contributed by atoms with Gasteiger partial charge in [0.15, 0.2) is 5.75 Å². The molecule has 0 spiro atoms. The summed E-state index contributed by atoms with van der Waals surface area (Å²) in [4.78, 5) is 11.3. The van der Waals surface area contributed by atoms with Crippen LogP contribution in [0.1, 0.15) is 18.4 Å². The molecule has 1 aliphatic heterocycles. The average molecular weight is 162 g/mol. The van der Waals surface area contributed by atoms with E-state index in [0.717, 1.165) is 5.56 Å². The van der Waals surface area contributed by atoms with Gasteiger partial charge in [0.05, 0.1) is 6.61 Å². The number of hydrogen-bond donors (Lipinski definition) is 0. The molecule has 12 heavy (non-hydrogen) atoms. The Balaban J connectivity index is 2.72. The van der Waals surface area contributed by atoms with E-state index in [1.165, 1.54) is 6.07 Å². The fourth-order valence-corrected chi connectivity index (χ4v) is 1.44. The van der Waals surface area contributed by atoms with Crippen LogP contribution in [0, 0.1) is 0 Å². The highest BCUT2D eigenvalue weighted by atomic mass is 16.5. The first-order valence-electron chi connectivity index (χ1n) is 4.05. The summed E-state index contributed by atoms with van der Waals surface area (Å²) in [6.45, 7) is 2.69. The van der Waals surface area contributed by atoms with Gasteiger partial charge in [-0.1, -0.05) is 25.1 Å². The van der Waals surface area contributed by atoms with Crippen molar-refractivity contribution < 1.29 is 4.74 Å². The van der Waals surface area contributed by atoms with Gasteiger partial charge < -0.3 is 4.74 Å². The number of ether oxygens (including phenoxy) is 1. The van der Waals surface area contributed by atoms with Gasteiger partial charge in [-0.05, 0) is 6.07 Å². The van der Waals surface area contributed by atoms with Crippen molar-refractivity contribution in [3.8, 4) is 5.75 Å².